The van der Waals surface area contributed by atoms with Crippen LogP contribution >= 0.6 is 7.82 Å². The number of phosphoric acid groups is 1. The number of benzene rings is 2. The van der Waals surface area contributed by atoms with Crippen LogP contribution < -0.4 is 19.1 Å². The van der Waals surface area contributed by atoms with Crippen molar-refractivity contribution in [3.63, 3.8) is 0 Å². The van der Waals surface area contributed by atoms with Crippen molar-refractivity contribution < 1.29 is 46.7 Å². The monoisotopic (exact) mass is 725 g/mol. The minimum atomic E-state index is -4.54. The van der Waals surface area contributed by atoms with Crippen LogP contribution in [0.4, 0.5) is 20.3 Å². The van der Waals surface area contributed by atoms with Gasteiger partial charge in [0.2, 0.25) is 0 Å². The van der Waals surface area contributed by atoms with E-state index in [0.717, 1.165) is 6.07 Å². The molecule has 4 rings (SSSR count). The van der Waals surface area contributed by atoms with Crippen molar-refractivity contribution in [2.45, 2.75) is 13.0 Å². The van der Waals surface area contributed by atoms with Crippen molar-refractivity contribution in [3.8, 4) is 11.5 Å². The Kier molecular flexibility index (Phi) is 13.0. The molecule has 247 valence electrons. The number of hydrogen-bond donors (Lipinski definition) is 3. The predicted octanol–water partition coefficient (Wildman–Crippen LogP) is 2.24. The number of hydrogen-bond acceptors (Lipinski definition) is 11. The molecule has 18 heteroatoms. The van der Waals surface area contributed by atoms with Crippen molar-refractivity contribution in [1.29, 1.82) is 0 Å². The number of halogens is 2. The number of nitrogens with zero attached hydrogens (tertiary/aromatic N) is 5. The van der Waals surface area contributed by atoms with Gasteiger partial charge in [0.15, 0.2) is 0 Å². The van der Waals surface area contributed by atoms with Gasteiger partial charge in [0.25, 0.3) is 0 Å². The molecule has 14 nitrogen and oxygen atoms in total. The summed E-state index contributed by atoms with van der Waals surface area (Å²) in [5, 5.41) is 8.00. The van der Waals surface area contributed by atoms with E-state index in [0.29, 0.717) is 73.2 Å². The Morgan fingerprint density at radius 2 is 1.89 bits per heavy atom. The summed E-state index contributed by atoms with van der Waals surface area (Å²) in [4.78, 5) is 41.0. The summed E-state index contributed by atoms with van der Waals surface area (Å²) < 4.78 is 60.9. The van der Waals surface area contributed by atoms with Crippen molar-refractivity contribution >= 4 is 54.9 Å². The van der Waals surface area contributed by atoms with E-state index in [9.17, 15) is 18.1 Å². The fourth-order valence-corrected chi connectivity index (χ4v) is 6.39. The van der Waals surface area contributed by atoms with Gasteiger partial charge in [-0.2, -0.15) is 0 Å². The zero-order chi connectivity index (χ0) is 33.1. The summed E-state index contributed by atoms with van der Waals surface area (Å²) in [5.74, 6) is -0.597. The number of phosphoric ester groups is 1. The topological polar surface area (TPSA) is 170 Å². The van der Waals surface area contributed by atoms with Crippen LogP contribution in [0, 0.1) is 11.6 Å². The number of anilines is 2. The molecule has 2 heterocycles. The SMILES string of the molecule is COCCN(CCCOc1cc2ncnc(Nc3cnn(CC(=O)[As]c4cccc(F)c4F)c3)c2cc1OC)CCOP(=O)(O)O. The van der Waals surface area contributed by atoms with Crippen LogP contribution in [0.3, 0.4) is 0 Å². The Morgan fingerprint density at radius 1 is 1.09 bits per heavy atom. The average Bonchev–Trinajstić information content (AvgIpc) is 3.45. The zero-order valence-corrected chi connectivity index (χ0v) is 27.8. The summed E-state index contributed by atoms with van der Waals surface area (Å²) >= 11 is -1.24. The maximum atomic E-state index is 14.0. The molecule has 0 bridgehead atoms. The Morgan fingerprint density at radius 3 is 2.65 bits per heavy atom. The van der Waals surface area contributed by atoms with Crippen molar-refractivity contribution in [2.75, 3.05) is 59.0 Å². The van der Waals surface area contributed by atoms with Gasteiger partial charge in [-0.1, -0.05) is 0 Å². The fraction of sp³-hybridized carbons (Fsp3) is 0.357. The van der Waals surface area contributed by atoms with E-state index in [2.05, 4.69) is 24.9 Å². The standard InChI is InChI=1S/C28H33AsF2N6O8P/c1-42-11-8-36(9-12-45-46(39,40)41)7-4-10-44-25-14-23-20(13-24(25)43-2)28(33-18-32-23)35-19-15-34-37(16-19)17-26(38)29-21-5-3-6-22(30)27(21)31/h3,5-6,13-16,18H,4,7-12,17H2,1-2H3,(H,32,33,35)(H2,39,40,41). The molecule has 1 radical (unpaired) electrons. The molecule has 0 atom stereocenters. The van der Waals surface area contributed by atoms with Crippen molar-refractivity contribution in [1.82, 2.24) is 24.6 Å². The first kappa shape index (κ1) is 35.4. The molecule has 0 fully saturated rings. The second-order valence-electron chi connectivity index (χ2n) is 9.73. The Balaban J connectivity index is 1.36. The summed E-state index contributed by atoms with van der Waals surface area (Å²) in [5.41, 5.74) is 1.12. The van der Waals surface area contributed by atoms with Gasteiger partial charge in [0.05, 0.1) is 19.8 Å². The maximum absolute atomic E-state index is 14.0. The van der Waals surface area contributed by atoms with Crippen LogP contribution in [0.2, 0.25) is 0 Å². The summed E-state index contributed by atoms with van der Waals surface area (Å²) in [6.45, 7) is 1.99. The zero-order valence-electron chi connectivity index (χ0n) is 25.0. The molecule has 2 aromatic heterocycles. The molecule has 0 amide bonds. The molecule has 0 saturated carbocycles. The summed E-state index contributed by atoms with van der Waals surface area (Å²) in [7, 11) is -1.45. The van der Waals surface area contributed by atoms with Gasteiger partial charge in [0.1, 0.15) is 0 Å². The summed E-state index contributed by atoms with van der Waals surface area (Å²) in [6, 6.07) is 7.27. The molecule has 3 N–H and O–H groups in total. The fourth-order valence-electron chi connectivity index (χ4n) is 4.29. The molecule has 2 aromatic carbocycles. The normalized spacial score (nSPS) is 12.0. The first-order chi connectivity index (χ1) is 22.1. The number of carbonyl (C=O) groups is 1. The molecule has 0 unspecified atom stereocenters. The van der Waals surface area contributed by atoms with Gasteiger partial charge in [-0.3, -0.25) is 9.42 Å². The van der Waals surface area contributed by atoms with Gasteiger partial charge >= 0.3 is 189 Å². The number of nitrogens with one attached hydrogen (secondary N) is 1. The van der Waals surface area contributed by atoms with Crippen LogP contribution in [0.5, 0.6) is 11.5 Å². The van der Waals surface area contributed by atoms with Gasteiger partial charge in [-0.25, -0.2) is 4.57 Å². The Hall–Kier alpha value is -3.49. The van der Waals surface area contributed by atoms with E-state index >= 15 is 0 Å². The molecule has 0 aliphatic rings. The second kappa shape index (κ2) is 16.9. The molecular weight excluding hydrogens is 692 g/mol. The quantitative estimate of drug-likeness (QED) is 0.0732. The molecule has 46 heavy (non-hydrogen) atoms. The molecule has 0 aliphatic heterocycles. The van der Waals surface area contributed by atoms with Crippen LogP contribution in [-0.2, 0) is 25.2 Å². The summed E-state index contributed by atoms with van der Waals surface area (Å²) in [6.07, 6.45) is 5.11. The van der Waals surface area contributed by atoms with Gasteiger partial charge in [-0.15, -0.1) is 0 Å². The number of fused-ring (bicyclic) bond motifs is 1. The van der Waals surface area contributed by atoms with Crippen LogP contribution in [0.1, 0.15) is 6.42 Å². The third-order valence-electron chi connectivity index (χ3n) is 6.45. The first-order valence-electron chi connectivity index (χ1n) is 13.9. The second-order valence-corrected chi connectivity index (χ2v) is 13.5. The van der Waals surface area contributed by atoms with Crippen LogP contribution in [0.25, 0.3) is 10.9 Å². The van der Waals surface area contributed by atoms with Crippen LogP contribution in [0.15, 0.2) is 49.1 Å². The smallest absolute Gasteiger partial charge is 0.303 e. The first-order valence-corrected chi connectivity index (χ1v) is 17.3. The number of ether oxygens (including phenoxy) is 3. The Bertz CT molecular complexity index is 1680. The minimum Gasteiger partial charge on any atom is -0.303 e. The van der Waals surface area contributed by atoms with Crippen molar-refractivity contribution in [2.24, 2.45) is 0 Å². The van der Waals surface area contributed by atoms with E-state index in [4.69, 9.17) is 24.0 Å². The Labute approximate surface area is 269 Å². The molecular formula is C28H33AsF2N6O8P. The number of carbonyl (C=O) groups excluding carboxylic acids is 1. The molecule has 4 aromatic rings. The van der Waals surface area contributed by atoms with E-state index in [-0.39, 0.29) is 22.1 Å². The van der Waals surface area contributed by atoms with Crippen molar-refractivity contribution in [3.05, 3.63) is 60.7 Å². The molecule has 0 saturated heterocycles. The third-order valence-corrected chi connectivity index (χ3v) is 9.01. The number of rotatable bonds is 19. The molecule has 0 spiro atoms. The average molecular weight is 725 g/mol. The predicted molar refractivity (Wildman–Crippen MR) is 165 cm³/mol. The van der Waals surface area contributed by atoms with Crippen LogP contribution in [-0.4, -0.2) is 108 Å². The van der Waals surface area contributed by atoms with Gasteiger partial charge < -0.3 is 14.5 Å². The molecule has 0 aliphatic carbocycles. The van der Waals surface area contributed by atoms with E-state index in [1.165, 1.54) is 36.4 Å². The number of methoxy groups -OCH3 is 2. The van der Waals surface area contributed by atoms with Gasteiger partial charge in [0, 0.05) is 26.7 Å². The minimum absolute atomic E-state index is 0.0757. The van der Waals surface area contributed by atoms with E-state index < -0.39 is 35.2 Å². The van der Waals surface area contributed by atoms with Gasteiger partial charge in [-0.05, 0) is 6.42 Å². The van der Waals surface area contributed by atoms with E-state index in [1.807, 2.05) is 4.90 Å². The number of aromatic nitrogens is 4. The third kappa shape index (κ3) is 10.5. The van der Waals surface area contributed by atoms with E-state index in [1.54, 1.807) is 25.4 Å².